The molecule has 0 aliphatic carbocycles. The molecule has 0 bridgehead atoms. The molecule has 19 heavy (non-hydrogen) atoms. The fourth-order valence-corrected chi connectivity index (χ4v) is 2.38. The molecular weight excluding hydrogens is 312 g/mol. The third-order valence-corrected chi connectivity index (χ3v) is 3.60. The molecule has 0 radical (unpaired) electrons. The number of halogens is 3. The molecule has 1 nitrogen and oxygen atoms in total. The van der Waals surface area contributed by atoms with Crippen LogP contribution in [0.15, 0.2) is 40.9 Å². The molecular formula is C15H14BrF2N. The van der Waals surface area contributed by atoms with Gasteiger partial charge in [0.2, 0.25) is 0 Å². The number of benzene rings is 2. The van der Waals surface area contributed by atoms with Crippen LogP contribution in [0.25, 0.3) is 0 Å². The fraction of sp³-hybridized carbons (Fsp3) is 0.200. The van der Waals surface area contributed by atoms with E-state index < -0.39 is 6.04 Å². The quantitative estimate of drug-likeness (QED) is 0.895. The predicted molar refractivity (Wildman–Crippen MR) is 75.9 cm³/mol. The Labute approximate surface area is 119 Å². The highest BCUT2D eigenvalue weighted by Crippen LogP contribution is 2.24. The zero-order valence-electron chi connectivity index (χ0n) is 10.5. The summed E-state index contributed by atoms with van der Waals surface area (Å²) < 4.78 is 27.7. The van der Waals surface area contributed by atoms with Crippen molar-refractivity contribution in [1.82, 2.24) is 0 Å². The highest BCUT2D eigenvalue weighted by Gasteiger charge is 2.14. The first-order valence-electron chi connectivity index (χ1n) is 5.93. The van der Waals surface area contributed by atoms with Gasteiger partial charge in [0, 0.05) is 16.1 Å². The third-order valence-electron chi connectivity index (χ3n) is 3.11. The molecule has 0 fully saturated rings. The Morgan fingerprint density at radius 2 is 1.89 bits per heavy atom. The molecule has 0 heterocycles. The van der Waals surface area contributed by atoms with Gasteiger partial charge in [-0.3, -0.25) is 0 Å². The number of nitrogens with two attached hydrogens (primary N) is 1. The predicted octanol–water partition coefficient (Wildman–Crippen LogP) is 4.28. The van der Waals surface area contributed by atoms with Gasteiger partial charge in [-0.15, -0.1) is 0 Å². The second-order valence-electron chi connectivity index (χ2n) is 4.55. The lowest BCUT2D eigenvalue weighted by atomic mass is 9.96. The highest BCUT2D eigenvalue weighted by molar-refractivity contribution is 9.10. The topological polar surface area (TPSA) is 26.0 Å². The Bertz CT molecular complexity index is 599. The highest BCUT2D eigenvalue weighted by atomic mass is 79.9. The van der Waals surface area contributed by atoms with Crippen LogP contribution in [0, 0.1) is 18.6 Å². The van der Waals surface area contributed by atoms with Crippen molar-refractivity contribution in [2.75, 3.05) is 0 Å². The Kier molecular flexibility index (Phi) is 4.32. The van der Waals surface area contributed by atoms with Gasteiger partial charge >= 0.3 is 0 Å². The molecule has 2 aromatic carbocycles. The van der Waals surface area contributed by atoms with Crippen molar-refractivity contribution in [2.24, 2.45) is 5.73 Å². The molecule has 0 aliphatic heterocycles. The molecule has 0 saturated carbocycles. The van der Waals surface area contributed by atoms with Crippen molar-refractivity contribution in [3.8, 4) is 0 Å². The van der Waals surface area contributed by atoms with E-state index in [0.29, 0.717) is 12.0 Å². The second-order valence-corrected chi connectivity index (χ2v) is 5.46. The van der Waals surface area contributed by atoms with Crippen LogP contribution in [0.4, 0.5) is 8.78 Å². The van der Waals surface area contributed by atoms with E-state index in [-0.39, 0.29) is 11.6 Å². The summed E-state index contributed by atoms with van der Waals surface area (Å²) in [4.78, 5) is 0. The van der Waals surface area contributed by atoms with E-state index in [1.54, 1.807) is 18.2 Å². The van der Waals surface area contributed by atoms with E-state index >= 15 is 0 Å². The summed E-state index contributed by atoms with van der Waals surface area (Å²) in [6.07, 6.45) is 0.400. The van der Waals surface area contributed by atoms with E-state index in [1.807, 2.05) is 6.92 Å². The lowest BCUT2D eigenvalue weighted by Gasteiger charge is -2.15. The molecule has 4 heteroatoms. The molecule has 2 aromatic rings. The minimum Gasteiger partial charge on any atom is -0.324 e. The van der Waals surface area contributed by atoms with Crippen LogP contribution < -0.4 is 5.73 Å². The summed E-state index contributed by atoms with van der Waals surface area (Å²) >= 11 is 3.29. The van der Waals surface area contributed by atoms with Gasteiger partial charge in [-0.25, -0.2) is 8.78 Å². The molecule has 1 atom stereocenters. The van der Waals surface area contributed by atoms with E-state index in [9.17, 15) is 8.78 Å². The monoisotopic (exact) mass is 325 g/mol. The summed E-state index contributed by atoms with van der Waals surface area (Å²) in [6.45, 7) is 1.89. The number of hydrogen-bond acceptors (Lipinski definition) is 1. The fourth-order valence-electron chi connectivity index (χ4n) is 2.01. The first-order chi connectivity index (χ1) is 8.97. The molecule has 100 valence electrons. The van der Waals surface area contributed by atoms with Crippen LogP contribution in [-0.2, 0) is 6.42 Å². The SMILES string of the molecule is Cc1ccc(F)cc1CC(N)c1cc(Br)ccc1F. The Balaban J connectivity index is 2.27. The van der Waals surface area contributed by atoms with Crippen molar-refractivity contribution in [2.45, 2.75) is 19.4 Å². The Morgan fingerprint density at radius 3 is 2.63 bits per heavy atom. The van der Waals surface area contributed by atoms with Gasteiger partial charge in [-0.05, 0) is 54.8 Å². The molecule has 0 amide bonds. The van der Waals surface area contributed by atoms with Crippen molar-refractivity contribution in [1.29, 1.82) is 0 Å². The van der Waals surface area contributed by atoms with E-state index in [0.717, 1.165) is 15.6 Å². The van der Waals surface area contributed by atoms with Gasteiger partial charge in [-0.2, -0.15) is 0 Å². The van der Waals surface area contributed by atoms with Crippen LogP contribution in [0.1, 0.15) is 22.7 Å². The molecule has 2 rings (SSSR count). The van der Waals surface area contributed by atoms with Crippen molar-refractivity contribution >= 4 is 15.9 Å². The van der Waals surface area contributed by atoms with Gasteiger partial charge in [0.1, 0.15) is 11.6 Å². The van der Waals surface area contributed by atoms with Crippen molar-refractivity contribution in [3.63, 3.8) is 0 Å². The lowest BCUT2D eigenvalue weighted by molar-refractivity contribution is 0.577. The molecule has 0 aliphatic rings. The summed E-state index contributed by atoms with van der Waals surface area (Å²) in [5.74, 6) is -0.646. The lowest BCUT2D eigenvalue weighted by Crippen LogP contribution is -2.15. The normalized spacial score (nSPS) is 12.5. The van der Waals surface area contributed by atoms with Crippen LogP contribution in [-0.4, -0.2) is 0 Å². The van der Waals surface area contributed by atoms with E-state index in [1.165, 1.54) is 18.2 Å². The minimum atomic E-state index is -0.502. The van der Waals surface area contributed by atoms with Crippen LogP contribution in [0.2, 0.25) is 0 Å². The molecule has 0 spiro atoms. The molecule has 0 aromatic heterocycles. The Hall–Kier alpha value is -1.26. The van der Waals surface area contributed by atoms with Crippen LogP contribution in [0.3, 0.4) is 0 Å². The molecule has 2 N–H and O–H groups in total. The first kappa shape index (κ1) is 14.2. The van der Waals surface area contributed by atoms with Gasteiger partial charge in [0.05, 0.1) is 0 Å². The smallest absolute Gasteiger partial charge is 0.128 e. The molecule has 1 unspecified atom stereocenters. The number of rotatable bonds is 3. The number of aryl methyl sites for hydroxylation is 1. The maximum atomic E-state index is 13.7. The zero-order chi connectivity index (χ0) is 14.0. The minimum absolute atomic E-state index is 0.303. The third kappa shape index (κ3) is 3.39. The summed E-state index contributed by atoms with van der Waals surface area (Å²) in [6, 6.07) is 8.72. The average Bonchev–Trinajstić information content (AvgIpc) is 2.36. The van der Waals surface area contributed by atoms with Gasteiger partial charge in [-0.1, -0.05) is 22.0 Å². The summed E-state index contributed by atoms with van der Waals surface area (Å²) in [7, 11) is 0. The summed E-state index contributed by atoms with van der Waals surface area (Å²) in [5.41, 5.74) is 8.21. The van der Waals surface area contributed by atoms with Crippen LogP contribution >= 0.6 is 15.9 Å². The zero-order valence-corrected chi connectivity index (χ0v) is 12.0. The Morgan fingerprint density at radius 1 is 1.16 bits per heavy atom. The maximum Gasteiger partial charge on any atom is 0.128 e. The van der Waals surface area contributed by atoms with Crippen molar-refractivity contribution in [3.05, 3.63) is 69.2 Å². The van der Waals surface area contributed by atoms with E-state index in [4.69, 9.17) is 5.73 Å². The van der Waals surface area contributed by atoms with Gasteiger partial charge in [0.25, 0.3) is 0 Å². The average molecular weight is 326 g/mol. The second kappa shape index (κ2) is 5.80. The van der Waals surface area contributed by atoms with Gasteiger partial charge in [0.15, 0.2) is 0 Å². The van der Waals surface area contributed by atoms with Crippen molar-refractivity contribution < 1.29 is 8.78 Å². The van der Waals surface area contributed by atoms with Gasteiger partial charge < -0.3 is 5.73 Å². The van der Waals surface area contributed by atoms with E-state index in [2.05, 4.69) is 15.9 Å². The first-order valence-corrected chi connectivity index (χ1v) is 6.72. The largest absolute Gasteiger partial charge is 0.324 e. The number of hydrogen-bond donors (Lipinski definition) is 1. The maximum absolute atomic E-state index is 13.7. The summed E-state index contributed by atoms with van der Waals surface area (Å²) in [5, 5.41) is 0. The molecule has 0 saturated heterocycles. The standard InChI is InChI=1S/C15H14BrF2N/c1-9-2-4-12(17)6-10(9)7-15(19)13-8-11(16)3-5-14(13)18/h2-6,8,15H,7,19H2,1H3. The van der Waals surface area contributed by atoms with Crippen LogP contribution in [0.5, 0.6) is 0 Å².